The molecule has 5 nitrogen and oxygen atoms in total. The van der Waals surface area contributed by atoms with Crippen molar-refractivity contribution in [1.29, 1.82) is 0 Å². The van der Waals surface area contributed by atoms with Crippen LogP contribution in [0.4, 0.5) is 11.5 Å². The third-order valence-electron chi connectivity index (χ3n) is 4.53. The van der Waals surface area contributed by atoms with Crippen molar-refractivity contribution in [3.8, 4) is 22.6 Å². The number of halogens is 1. The molecule has 0 radical (unpaired) electrons. The van der Waals surface area contributed by atoms with Gasteiger partial charge in [-0.05, 0) is 49.7 Å². The van der Waals surface area contributed by atoms with Crippen molar-refractivity contribution in [2.24, 2.45) is 0 Å². The predicted molar refractivity (Wildman–Crippen MR) is 120 cm³/mol. The molecule has 4 aromatic rings. The maximum absolute atomic E-state index is 6.28. The van der Waals surface area contributed by atoms with Gasteiger partial charge in [-0.1, -0.05) is 23.7 Å². The monoisotopic (exact) mass is 425 g/mol. The van der Waals surface area contributed by atoms with Gasteiger partial charge in [-0.2, -0.15) is 0 Å². The third kappa shape index (κ3) is 3.86. The van der Waals surface area contributed by atoms with Crippen LogP contribution in [0, 0.1) is 6.92 Å². The standard InChI is InChI=1S/C22H20ClN3O2S/c1-4-28-16-8-5-14(6-9-16)19-13(2)29-22-20(19)21(24-12-25-22)26-15-7-10-18(27-3)17(23)11-15/h5-12H,4H2,1-3H3,(H,24,25,26). The first-order chi connectivity index (χ1) is 14.1. The normalized spacial score (nSPS) is 10.9. The van der Waals surface area contributed by atoms with Gasteiger partial charge in [0.2, 0.25) is 0 Å². The maximum Gasteiger partial charge on any atom is 0.143 e. The lowest BCUT2D eigenvalue weighted by Crippen LogP contribution is -1.96. The number of fused-ring (bicyclic) bond motifs is 1. The molecule has 0 unspecified atom stereocenters. The number of anilines is 2. The Labute approximate surface area is 178 Å². The average Bonchev–Trinajstić information content (AvgIpc) is 3.06. The van der Waals surface area contributed by atoms with Crippen LogP contribution in [0.2, 0.25) is 5.02 Å². The number of methoxy groups -OCH3 is 1. The van der Waals surface area contributed by atoms with E-state index in [0.717, 1.165) is 38.6 Å². The number of nitrogens with one attached hydrogen (secondary N) is 1. The highest BCUT2D eigenvalue weighted by Crippen LogP contribution is 2.41. The molecule has 148 valence electrons. The molecule has 0 fully saturated rings. The summed E-state index contributed by atoms with van der Waals surface area (Å²) in [5, 5.41) is 4.91. The minimum absolute atomic E-state index is 0.538. The van der Waals surface area contributed by atoms with E-state index in [0.29, 0.717) is 17.4 Å². The van der Waals surface area contributed by atoms with Gasteiger partial charge < -0.3 is 14.8 Å². The number of hydrogen-bond acceptors (Lipinski definition) is 6. The first-order valence-electron chi connectivity index (χ1n) is 9.18. The Kier molecular flexibility index (Phi) is 5.56. The molecule has 0 spiro atoms. The van der Waals surface area contributed by atoms with Gasteiger partial charge in [-0.25, -0.2) is 9.97 Å². The molecule has 0 aliphatic rings. The first kappa shape index (κ1) is 19.5. The lowest BCUT2D eigenvalue weighted by atomic mass is 10.0. The molecule has 0 saturated heterocycles. The van der Waals surface area contributed by atoms with Crippen LogP contribution in [0.15, 0.2) is 48.8 Å². The van der Waals surface area contributed by atoms with Crippen LogP contribution in [-0.2, 0) is 0 Å². The molecule has 7 heteroatoms. The number of rotatable bonds is 6. The van der Waals surface area contributed by atoms with E-state index < -0.39 is 0 Å². The van der Waals surface area contributed by atoms with E-state index in [4.69, 9.17) is 21.1 Å². The zero-order valence-corrected chi connectivity index (χ0v) is 17.9. The van der Waals surface area contributed by atoms with E-state index in [1.807, 2.05) is 37.3 Å². The number of benzene rings is 2. The quantitative estimate of drug-likeness (QED) is 0.383. The Morgan fingerprint density at radius 3 is 2.59 bits per heavy atom. The van der Waals surface area contributed by atoms with Crippen LogP contribution >= 0.6 is 22.9 Å². The van der Waals surface area contributed by atoms with Crippen molar-refractivity contribution in [3.05, 3.63) is 58.7 Å². The molecule has 0 aliphatic carbocycles. The second-order valence-corrected chi connectivity index (χ2v) is 7.98. The summed E-state index contributed by atoms with van der Waals surface area (Å²) in [5.41, 5.74) is 3.05. The summed E-state index contributed by atoms with van der Waals surface area (Å²) in [4.78, 5) is 11.1. The van der Waals surface area contributed by atoms with Crippen LogP contribution in [0.5, 0.6) is 11.5 Å². The van der Waals surface area contributed by atoms with Gasteiger partial charge in [-0.15, -0.1) is 11.3 Å². The molecular weight excluding hydrogens is 406 g/mol. The first-order valence-corrected chi connectivity index (χ1v) is 10.4. The number of thiophene rings is 1. The summed E-state index contributed by atoms with van der Waals surface area (Å²) in [6.45, 7) is 4.73. The van der Waals surface area contributed by atoms with Gasteiger partial charge in [0.25, 0.3) is 0 Å². The zero-order valence-electron chi connectivity index (χ0n) is 16.3. The zero-order chi connectivity index (χ0) is 20.4. The Hall–Kier alpha value is -2.83. The van der Waals surface area contributed by atoms with Gasteiger partial charge in [0, 0.05) is 16.1 Å². The van der Waals surface area contributed by atoms with Gasteiger partial charge in [0.05, 0.1) is 24.1 Å². The van der Waals surface area contributed by atoms with E-state index >= 15 is 0 Å². The fourth-order valence-corrected chi connectivity index (χ4v) is 4.52. The lowest BCUT2D eigenvalue weighted by molar-refractivity contribution is 0.340. The van der Waals surface area contributed by atoms with E-state index in [1.54, 1.807) is 24.8 Å². The molecule has 29 heavy (non-hydrogen) atoms. The summed E-state index contributed by atoms with van der Waals surface area (Å²) in [6, 6.07) is 13.7. The fourth-order valence-electron chi connectivity index (χ4n) is 3.25. The van der Waals surface area contributed by atoms with E-state index in [-0.39, 0.29) is 0 Å². The summed E-state index contributed by atoms with van der Waals surface area (Å²) >= 11 is 7.93. The number of nitrogens with zero attached hydrogens (tertiary/aromatic N) is 2. The minimum atomic E-state index is 0.538. The molecule has 0 bridgehead atoms. The average molecular weight is 426 g/mol. The van der Waals surface area contributed by atoms with Gasteiger partial charge >= 0.3 is 0 Å². The van der Waals surface area contributed by atoms with Crippen LogP contribution in [0.25, 0.3) is 21.3 Å². The highest BCUT2D eigenvalue weighted by molar-refractivity contribution is 7.19. The van der Waals surface area contributed by atoms with Crippen molar-refractivity contribution in [1.82, 2.24) is 9.97 Å². The largest absolute Gasteiger partial charge is 0.495 e. The second kappa shape index (κ2) is 8.27. The summed E-state index contributed by atoms with van der Waals surface area (Å²) in [7, 11) is 1.60. The number of ether oxygens (including phenoxy) is 2. The van der Waals surface area contributed by atoms with Crippen LogP contribution < -0.4 is 14.8 Å². The van der Waals surface area contributed by atoms with Crippen LogP contribution in [-0.4, -0.2) is 23.7 Å². The highest BCUT2D eigenvalue weighted by Gasteiger charge is 2.17. The van der Waals surface area contributed by atoms with Gasteiger partial charge in [0.1, 0.15) is 28.5 Å². The Morgan fingerprint density at radius 2 is 1.90 bits per heavy atom. The predicted octanol–water partition coefficient (Wildman–Crippen LogP) is 6.47. The molecule has 0 atom stereocenters. The van der Waals surface area contributed by atoms with Gasteiger partial charge in [0.15, 0.2) is 0 Å². The molecule has 1 N–H and O–H groups in total. The van der Waals surface area contributed by atoms with Crippen LogP contribution in [0.1, 0.15) is 11.8 Å². The smallest absolute Gasteiger partial charge is 0.143 e. The Morgan fingerprint density at radius 1 is 1.10 bits per heavy atom. The molecule has 2 heterocycles. The number of aryl methyl sites for hydroxylation is 1. The van der Waals surface area contributed by atoms with E-state index in [1.165, 1.54) is 4.88 Å². The third-order valence-corrected chi connectivity index (χ3v) is 5.84. The Bertz CT molecular complexity index is 1160. The number of aromatic nitrogens is 2. The lowest BCUT2D eigenvalue weighted by Gasteiger charge is -2.11. The maximum atomic E-state index is 6.28. The van der Waals surface area contributed by atoms with Crippen molar-refractivity contribution in [2.45, 2.75) is 13.8 Å². The molecule has 2 aromatic carbocycles. The molecule has 0 aliphatic heterocycles. The molecule has 0 saturated carbocycles. The summed E-state index contributed by atoms with van der Waals surface area (Å²) in [5.74, 6) is 2.23. The van der Waals surface area contributed by atoms with Crippen LogP contribution in [0.3, 0.4) is 0 Å². The SMILES string of the molecule is CCOc1ccc(-c2c(C)sc3ncnc(Nc4ccc(OC)c(Cl)c4)c23)cc1. The topological polar surface area (TPSA) is 56.3 Å². The van der Waals surface area contributed by atoms with Crippen molar-refractivity contribution in [3.63, 3.8) is 0 Å². The molecular formula is C22H20ClN3O2S. The summed E-state index contributed by atoms with van der Waals surface area (Å²) < 4.78 is 10.8. The van der Waals surface area contributed by atoms with E-state index in [2.05, 4.69) is 34.3 Å². The fraction of sp³-hybridized carbons (Fsp3) is 0.182. The molecule has 2 aromatic heterocycles. The highest BCUT2D eigenvalue weighted by atomic mass is 35.5. The number of hydrogen-bond donors (Lipinski definition) is 1. The van der Waals surface area contributed by atoms with Crippen molar-refractivity contribution >= 4 is 44.7 Å². The molecule has 0 amide bonds. The Balaban J connectivity index is 1.79. The van der Waals surface area contributed by atoms with E-state index in [9.17, 15) is 0 Å². The van der Waals surface area contributed by atoms with Gasteiger partial charge in [-0.3, -0.25) is 0 Å². The molecule has 4 rings (SSSR count). The summed E-state index contributed by atoms with van der Waals surface area (Å²) in [6.07, 6.45) is 1.58. The van der Waals surface area contributed by atoms with Crippen molar-refractivity contribution < 1.29 is 9.47 Å². The minimum Gasteiger partial charge on any atom is -0.495 e. The van der Waals surface area contributed by atoms with Crippen molar-refractivity contribution in [2.75, 3.05) is 19.0 Å². The second-order valence-electron chi connectivity index (χ2n) is 6.37.